The molecular weight excluding hydrogens is 276 g/mol. The molecule has 1 saturated heterocycles. The maximum atomic E-state index is 12.4. The second-order valence-electron chi connectivity index (χ2n) is 5.17. The number of rotatable bonds is 3. The first-order valence-electron chi connectivity index (χ1n) is 6.76. The van der Waals surface area contributed by atoms with Crippen molar-refractivity contribution in [3.63, 3.8) is 0 Å². The number of hydrogen-bond donors (Lipinski definition) is 1. The summed E-state index contributed by atoms with van der Waals surface area (Å²) in [5, 5.41) is 4.59. The Labute approximate surface area is 122 Å². The number of nitrogens with zero attached hydrogens (tertiary/aromatic N) is 1. The van der Waals surface area contributed by atoms with Gasteiger partial charge in [0.25, 0.3) is 5.91 Å². The van der Waals surface area contributed by atoms with Gasteiger partial charge in [0.1, 0.15) is 6.04 Å². The molecule has 1 N–H and O–H groups in total. The third kappa shape index (κ3) is 3.58. The van der Waals surface area contributed by atoms with Crippen molar-refractivity contribution in [2.75, 3.05) is 13.1 Å². The van der Waals surface area contributed by atoms with Crippen LogP contribution in [0.2, 0.25) is 0 Å². The average molecular weight is 296 g/mol. The largest absolute Gasteiger partial charge is 0.372 e. The van der Waals surface area contributed by atoms with E-state index in [9.17, 15) is 9.59 Å². The fraction of sp³-hybridized carbons (Fsp3) is 0.571. The molecule has 2 heterocycles. The Balaban J connectivity index is 1.93. The van der Waals surface area contributed by atoms with Gasteiger partial charge in [-0.1, -0.05) is 6.07 Å². The monoisotopic (exact) mass is 296 g/mol. The number of nitrogens with one attached hydrogen (secondary N) is 1. The zero-order valence-electron chi connectivity index (χ0n) is 12.0. The van der Waals surface area contributed by atoms with Gasteiger partial charge in [0.2, 0.25) is 5.91 Å². The van der Waals surface area contributed by atoms with Gasteiger partial charge in [0.15, 0.2) is 0 Å². The van der Waals surface area contributed by atoms with Crippen LogP contribution < -0.4 is 5.32 Å². The lowest BCUT2D eigenvalue weighted by Crippen LogP contribution is -2.54. The molecule has 6 heteroatoms. The van der Waals surface area contributed by atoms with Crippen molar-refractivity contribution in [2.45, 2.75) is 39.0 Å². The Morgan fingerprint density at radius 1 is 1.40 bits per heavy atom. The quantitative estimate of drug-likeness (QED) is 0.919. The van der Waals surface area contributed by atoms with Gasteiger partial charge < -0.3 is 15.0 Å². The molecule has 5 nitrogen and oxygen atoms in total. The van der Waals surface area contributed by atoms with Gasteiger partial charge in [-0.05, 0) is 32.2 Å². The summed E-state index contributed by atoms with van der Waals surface area (Å²) >= 11 is 1.36. The first-order valence-corrected chi connectivity index (χ1v) is 7.64. The molecule has 1 aromatic heterocycles. The molecule has 0 spiro atoms. The van der Waals surface area contributed by atoms with Crippen LogP contribution in [-0.2, 0) is 9.53 Å². The van der Waals surface area contributed by atoms with Gasteiger partial charge >= 0.3 is 0 Å². The Kier molecular flexibility index (Phi) is 4.77. The fourth-order valence-corrected chi connectivity index (χ4v) is 3.00. The van der Waals surface area contributed by atoms with Crippen LogP contribution in [0.3, 0.4) is 0 Å². The van der Waals surface area contributed by atoms with Gasteiger partial charge in [-0.2, -0.15) is 0 Å². The molecule has 0 radical (unpaired) electrons. The minimum atomic E-state index is -0.526. The molecule has 0 aliphatic carbocycles. The normalized spacial score (nSPS) is 24.2. The summed E-state index contributed by atoms with van der Waals surface area (Å²) in [4.78, 5) is 26.7. The molecule has 20 heavy (non-hydrogen) atoms. The van der Waals surface area contributed by atoms with E-state index in [4.69, 9.17) is 4.74 Å². The lowest BCUT2D eigenvalue weighted by atomic mass is 10.2. The maximum absolute atomic E-state index is 12.4. The van der Waals surface area contributed by atoms with Crippen molar-refractivity contribution in [2.24, 2.45) is 0 Å². The predicted molar refractivity (Wildman–Crippen MR) is 77.8 cm³/mol. The Bertz CT molecular complexity index is 465. The summed E-state index contributed by atoms with van der Waals surface area (Å²) in [7, 11) is 0. The summed E-state index contributed by atoms with van der Waals surface area (Å²) < 4.78 is 5.61. The maximum Gasteiger partial charge on any atom is 0.261 e. The van der Waals surface area contributed by atoms with E-state index in [1.165, 1.54) is 11.3 Å². The first kappa shape index (κ1) is 15.0. The molecule has 1 aromatic rings. The van der Waals surface area contributed by atoms with Crippen LogP contribution in [-0.4, -0.2) is 48.1 Å². The summed E-state index contributed by atoms with van der Waals surface area (Å²) in [5.74, 6) is -0.257. The zero-order chi connectivity index (χ0) is 14.7. The van der Waals surface area contributed by atoms with Crippen LogP contribution in [0.15, 0.2) is 17.5 Å². The molecule has 3 unspecified atom stereocenters. The van der Waals surface area contributed by atoms with Crippen molar-refractivity contribution in [3.05, 3.63) is 22.4 Å². The number of ether oxygens (including phenoxy) is 1. The third-order valence-electron chi connectivity index (χ3n) is 3.19. The molecule has 1 aliphatic heterocycles. The van der Waals surface area contributed by atoms with E-state index < -0.39 is 6.04 Å². The standard InChI is InChI=1S/C14H20N2O3S/c1-9-7-16(8-10(2)19-9)14(18)11(3)15-13(17)12-5-4-6-20-12/h4-6,9-11H,7-8H2,1-3H3,(H,15,17). The highest BCUT2D eigenvalue weighted by atomic mass is 32.1. The summed E-state index contributed by atoms with van der Waals surface area (Å²) in [6.45, 7) is 6.76. The highest BCUT2D eigenvalue weighted by Crippen LogP contribution is 2.13. The zero-order valence-corrected chi connectivity index (χ0v) is 12.8. The summed E-state index contributed by atoms with van der Waals surface area (Å²) in [5.41, 5.74) is 0. The SMILES string of the molecule is CC1CN(C(=O)C(C)NC(=O)c2cccs2)CC(C)O1. The highest BCUT2D eigenvalue weighted by Gasteiger charge is 2.29. The van der Waals surface area contributed by atoms with Crippen LogP contribution in [0.25, 0.3) is 0 Å². The van der Waals surface area contributed by atoms with Crippen molar-refractivity contribution in [1.29, 1.82) is 0 Å². The second-order valence-corrected chi connectivity index (χ2v) is 6.12. The van der Waals surface area contributed by atoms with Crippen molar-refractivity contribution >= 4 is 23.2 Å². The van der Waals surface area contributed by atoms with Crippen LogP contribution in [0.1, 0.15) is 30.4 Å². The van der Waals surface area contributed by atoms with Gasteiger partial charge in [-0.3, -0.25) is 9.59 Å². The van der Waals surface area contributed by atoms with Gasteiger partial charge in [0.05, 0.1) is 17.1 Å². The third-order valence-corrected chi connectivity index (χ3v) is 4.06. The molecule has 110 valence electrons. The highest BCUT2D eigenvalue weighted by molar-refractivity contribution is 7.12. The molecular formula is C14H20N2O3S. The minimum Gasteiger partial charge on any atom is -0.372 e. The first-order chi connectivity index (χ1) is 9.47. The smallest absolute Gasteiger partial charge is 0.261 e. The van der Waals surface area contributed by atoms with E-state index >= 15 is 0 Å². The molecule has 0 saturated carbocycles. The Morgan fingerprint density at radius 2 is 2.05 bits per heavy atom. The predicted octanol–water partition coefficient (Wildman–Crippen LogP) is 1.50. The molecule has 0 aromatic carbocycles. The average Bonchev–Trinajstić information content (AvgIpc) is 2.90. The van der Waals surface area contributed by atoms with Gasteiger partial charge in [-0.15, -0.1) is 11.3 Å². The summed E-state index contributed by atoms with van der Waals surface area (Å²) in [6.07, 6.45) is 0.0609. The number of amides is 2. The lowest BCUT2D eigenvalue weighted by Gasteiger charge is -2.36. The van der Waals surface area contributed by atoms with Crippen molar-refractivity contribution < 1.29 is 14.3 Å². The van der Waals surface area contributed by atoms with E-state index in [0.717, 1.165) is 0 Å². The Morgan fingerprint density at radius 3 is 2.60 bits per heavy atom. The topological polar surface area (TPSA) is 58.6 Å². The number of morpholine rings is 1. The molecule has 2 rings (SSSR count). The van der Waals surface area contributed by atoms with E-state index in [1.54, 1.807) is 17.9 Å². The number of carbonyl (C=O) groups excluding carboxylic acids is 2. The lowest BCUT2D eigenvalue weighted by molar-refractivity contribution is -0.144. The van der Waals surface area contributed by atoms with Gasteiger partial charge in [0, 0.05) is 13.1 Å². The molecule has 3 atom stereocenters. The van der Waals surface area contributed by atoms with Crippen LogP contribution in [0, 0.1) is 0 Å². The van der Waals surface area contributed by atoms with Crippen molar-refractivity contribution in [1.82, 2.24) is 10.2 Å². The van der Waals surface area contributed by atoms with Crippen molar-refractivity contribution in [3.8, 4) is 0 Å². The Hall–Kier alpha value is -1.40. The second kappa shape index (κ2) is 6.37. The minimum absolute atomic E-state index is 0.0305. The van der Waals surface area contributed by atoms with E-state index in [-0.39, 0.29) is 24.0 Å². The van der Waals surface area contributed by atoms with E-state index in [0.29, 0.717) is 18.0 Å². The van der Waals surface area contributed by atoms with Gasteiger partial charge in [-0.25, -0.2) is 0 Å². The number of carbonyl (C=O) groups is 2. The van der Waals surface area contributed by atoms with Crippen LogP contribution in [0.5, 0.6) is 0 Å². The number of hydrogen-bond acceptors (Lipinski definition) is 4. The molecule has 0 bridgehead atoms. The fourth-order valence-electron chi connectivity index (χ4n) is 2.37. The van der Waals surface area contributed by atoms with Crippen LogP contribution in [0.4, 0.5) is 0 Å². The van der Waals surface area contributed by atoms with E-state index in [2.05, 4.69) is 5.32 Å². The summed E-state index contributed by atoms with van der Waals surface area (Å²) in [6, 6.07) is 3.04. The number of thiophene rings is 1. The molecule has 1 aliphatic rings. The van der Waals surface area contributed by atoms with Crippen LogP contribution >= 0.6 is 11.3 Å². The molecule has 2 amide bonds. The molecule has 1 fully saturated rings. The van der Waals surface area contributed by atoms with E-state index in [1.807, 2.05) is 25.3 Å².